The van der Waals surface area contributed by atoms with E-state index in [0.717, 1.165) is 10.0 Å². The summed E-state index contributed by atoms with van der Waals surface area (Å²) in [7, 11) is 1.57. The lowest BCUT2D eigenvalue weighted by molar-refractivity contribution is -0.130. The molecule has 0 aliphatic carbocycles. The predicted molar refractivity (Wildman–Crippen MR) is 134 cm³/mol. The summed E-state index contributed by atoms with van der Waals surface area (Å²) in [4.78, 5) is 29.1. The van der Waals surface area contributed by atoms with Crippen molar-refractivity contribution in [2.45, 2.75) is 0 Å². The van der Waals surface area contributed by atoms with Crippen LogP contribution in [0.15, 0.2) is 88.0 Å². The lowest BCUT2D eigenvalue weighted by Gasteiger charge is -2.06. The largest absolute Gasteiger partial charge is 0.497 e. The van der Waals surface area contributed by atoms with E-state index in [2.05, 4.69) is 20.9 Å². The van der Waals surface area contributed by atoms with E-state index in [9.17, 15) is 9.59 Å². The summed E-state index contributed by atoms with van der Waals surface area (Å²) in [6.07, 6.45) is 4.44. The van der Waals surface area contributed by atoms with E-state index in [1.54, 1.807) is 79.9 Å². The second kappa shape index (κ2) is 10.5. The first-order valence-electron chi connectivity index (χ1n) is 10.0. The molecule has 1 aliphatic heterocycles. The maximum absolute atomic E-state index is 12.4. The van der Waals surface area contributed by atoms with E-state index in [4.69, 9.17) is 25.8 Å². The molecule has 3 aromatic rings. The molecule has 6 nitrogen and oxygen atoms in total. The van der Waals surface area contributed by atoms with Crippen molar-refractivity contribution in [1.29, 1.82) is 0 Å². The molecule has 0 atom stereocenters. The molecule has 0 amide bonds. The van der Waals surface area contributed by atoms with E-state index in [0.29, 0.717) is 21.9 Å². The molecule has 1 aliphatic rings. The van der Waals surface area contributed by atoms with Crippen LogP contribution in [0.5, 0.6) is 11.5 Å². The zero-order chi connectivity index (χ0) is 24.1. The molecule has 0 saturated carbocycles. The lowest BCUT2D eigenvalue weighted by Crippen LogP contribution is -2.06. The van der Waals surface area contributed by atoms with E-state index >= 15 is 0 Å². The number of benzene rings is 3. The molecule has 170 valence electrons. The molecule has 0 radical (unpaired) electrons. The summed E-state index contributed by atoms with van der Waals surface area (Å²) in [6.45, 7) is 0. The normalized spacial score (nSPS) is 14.3. The number of ether oxygens (including phenoxy) is 3. The fraction of sp³-hybridized carbons (Fsp3) is 0.0385. The second-order valence-electron chi connectivity index (χ2n) is 7.05. The van der Waals surface area contributed by atoms with Crippen LogP contribution in [0, 0.1) is 0 Å². The smallest absolute Gasteiger partial charge is 0.363 e. The highest BCUT2D eigenvalue weighted by Gasteiger charge is 2.25. The fourth-order valence-corrected chi connectivity index (χ4v) is 3.52. The number of cyclic esters (lactones) is 1. The third-order valence-corrected chi connectivity index (χ3v) is 5.46. The zero-order valence-corrected chi connectivity index (χ0v) is 20.2. The van der Waals surface area contributed by atoms with E-state index < -0.39 is 11.9 Å². The molecule has 1 heterocycles. The number of methoxy groups -OCH3 is 1. The predicted octanol–water partition coefficient (Wildman–Crippen LogP) is 6.07. The highest BCUT2D eigenvalue weighted by atomic mass is 79.9. The van der Waals surface area contributed by atoms with Crippen molar-refractivity contribution < 1.29 is 23.8 Å². The highest BCUT2D eigenvalue weighted by Crippen LogP contribution is 2.28. The van der Waals surface area contributed by atoms with Crippen LogP contribution in [0.4, 0.5) is 0 Å². The second-order valence-corrected chi connectivity index (χ2v) is 8.40. The molecular weight excluding hydrogens is 522 g/mol. The molecule has 4 rings (SSSR count). The summed E-state index contributed by atoms with van der Waals surface area (Å²) in [5.74, 6) is -0.0603. The molecule has 34 heavy (non-hydrogen) atoms. The van der Waals surface area contributed by atoms with Gasteiger partial charge in [0.15, 0.2) is 5.70 Å². The van der Waals surface area contributed by atoms with Gasteiger partial charge in [-0.05, 0) is 72.3 Å². The van der Waals surface area contributed by atoms with Crippen LogP contribution in [0.1, 0.15) is 16.7 Å². The Kier molecular flexibility index (Phi) is 7.25. The number of aliphatic imine (C=N–C) groups is 1. The van der Waals surface area contributed by atoms with Gasteiger partial charge in [-0.1, -0.05) is 39.7 Å². The van der Waals surface area contributed by atoms with Crippen LogP contribution in [-0.4, -0.2) is 24.9 Å². The van der Waals surface area contributed by atoms with Crippen LogP contribution in [0.2, 0.25) is 5.02 Å². The van der Waals surface area contributed by atoms with Crippen molar-refractivity contribution in [2.24, 2.45) is 4.99 Å². The molecule has 0 fully saturated rings. The molecule has 8 heteroatoms. The quantitative estimate of drug-likeness (QED) is 0.216. The number of hydrogen-bond donors (Lipinski definition) is 0. The molecule has 0 unspecified atom stereocenters. The maximum atomic E-state index is 12.4. The number of carbonyl (C=O) groups is 2. The van der Waals surface area contributed by atoms with Crippen molar-refractivity contribution in [3.8, 4) is 11.5 Å². The molecule has 0 N–H and O–H groups in total. The van der Waals surface area contributed by atoms with Gasteiger partial charge < -0.3 is 14.2 Å². The Morgan fingerprint density at radius 2 is 1.79 bits per heavy atom. The van der Waals surface area contributed by atoms with Gasteiger partial charge in [0.2, 0.25) is 5.90 Å². The minimum atomic E-state index is -0.606. The van der Waals surface area contributed by atoms with Gasteiger partial charge in [-0.25, -0.2) is 14.6 Å². The van der Waals surface area contributed by atoms with Gasteiger partial charge in [-0.2, -0.15) is 0 Å². The topological polar surface area (TPSA) is 74.2 Å². The third kappa shape index (κ3) is 5.81. The van der Waals surface area contributed by atoms with Gasteiger partial charge in [0, 0.05) is 26.7 Å². The average Bonchev–Trinajstić information content (AvgIpc) is 3.20. The van der Waals surface area contributed by atoms with Crippen LogP contribution < -0.4 is 9.47 Å². The Morgan fingerprint density at radius 3 is 2.50 bits per heavy atom. The van der Waals surface area contributed by atoms with Gasteiger partial charge in [0.05, 0.1) is 7.11 Å². The highest BCUT2D eigenvalue weighted by molar-refractivity contribution is 9.10. The summed E-state index contributed by atoms with van der Waals surface area (Å²) >= 11 is 9.27. The molecule has 0 aromatic heterocycles. The maximum Gasteiger partial charge on any atom is 0.363 e. The van der Waals surface area contributed by atoms with Gasteiger partial charge in [0.25, 0.3) is 0 Å². The minimum Gasteiger partial charge on any atom is -0.497 e. The van der Waals surface area contributed by atoms with Gasteiger partial charge >= 0.3 is 11.9 Å². The first kappa shape index (κ1) is 23.5. The summed E-state index contributed by atoms with van der Waals surface area (Å²) in [5, 5.41) is 0.607. The van der Waals surface area contributed by atoms with Crippen molar-refractivity contribution in [2.75, 3.05) is 7.11 Å². The summed E-state index contributed by atoms with van der Waals surface area (Å²) in [5.41, 5.74) is 1.99. The molecule has 0 bridgehead atoms. The number of esters is 2. The lowest BCUT2D eigenvalue weighted by atomic mass is 10.1. The van der Waals surface area contributed by atoms with Crippen LogP contribution in [0.3, 0.4) is 0 Å². The van der Waals surface area contributed by atoms with E-state index in [1.807, 2.05) is 0 Å². The third-order valence-electron chi connectivity index (χ3n) is 4.71. The first-order chi connectivity index (χ1) is 16.4. The van der Waals surface area contributed by atoms with E-state index in [1.165, 1.54) is 12.2 Å². The Balaban J connectivity index is 1.56. The molecule has 3 aromatic carbocycles. The zero-order valence-electron chi connectivity index (χ0n) is 17.8. The van der Waals surface area contributed by atoms with Gasteiger partial charge in [0.1, 0.15) is 11.5 Å². The average molecular weight is 539 g/mol. The van der Waals surface area contributed by atoms with Crippen LogP contribution >= 0.6 is 27.5 Å². The number of halogens is 2. The number of carbonyl (C=O) groups excluding carboxylic acids is 2. The summed E-state index contributed by atoms with van der Waals surface area (Å²) < 4.78 is 16.7. The molecule has 0 spiro atoms. The first-order valence-corrected chi connectivity index (χ1v) is 11.2. The van der Waals surface area contributed by atoms with Gasteiger partial charge in [-0.15, -0.1) is 0 Å². The monoisotopic (exact) mass is 537 g/mol. The molecule has 0 saturated heterocycles. The van der Waals surface area contributed by atoms with Gasteiger partial charge in [-0.3, -0.25) is 0 Å². The fourth-order valence-electron chi connectivity index (χ4n) is 3.02. The Morgan fingerprint density at radius 1 is 1.06 bits per heavy atom. The van der Waals surface area contributed by atoms with Crippen LogP contribution in [-0.2, 0) is 14.3 Å². The SMILES string of the molecule is COc1ccc(C2=N/C(=C\c3cc(Br)ccc3OC(=O)/C=C/c3ccc(Cl)cc3)C(=O)O2)cc1. The van der Waals surface area contributed by atoms with Crippen molar-refractivity contribution in [3.05, 3.63) is 105 Å². The number of nitrogens with zero attached hydrogens (tertiary/aromatic N) is 1. The van der Waals surface area contributed by atoms with Crippen molar-refractivity contribution in [3.63, 3.8) is 0 Å². The van der Waals surface area contributed by atoms with Crippen molar-refractivity contribution >= 4 is 57.5 Å². The number of hydrogen-bond acceptors (Lipinski definition) is 6. The standard InChI is InChI=1S/C26H17BrClNO5/c1-32-21-10-5-17(6-11-21)25-29-22(26(31)34-25)15-18-14-19(27)7-12-23(18)33-24(30)13-4-16-2-8-20(28)9-3-16/h2-15H,1H3/b13-4+,22-15-. The molecular formula is C26H17BrClNO5. The number of rotatable bonds is 6. The van der Waals surface area contributed by atoms with Crippen LogP contribution in [0.25, 0.3) is 12.2 Å². The van der Waals surface area contributed by atoms with Crippen molar-refractivity contribution in [1.82, 2.24) is 0 Å². The Labute approximate surface area is 209 Å². The van der Waals surface area contributed by atoms with E-state index in [-0.39, 0.29) is 17.3 Å². The Bertz CT molecular complexity index is 1330. The minimum absolute atomic E-state index is 0.0814. The Hall–Kier alpha value is -3.68. The summed E-state index contributed by atoms with van der Waals surface area (Å²) in [6, 6.07) is 19.1.